The molecule has 1 heterocycles. The average molecular weight is 445 g/mol. The number of nitrogens with one attached hydrogen (secondary N) is 1. The number of ether oxygens (including phenoxy) is 1. The van der Waals surface area contributed by atoms with E-state index < -0.39 is 22.7 Å². The molecule has 0 radical (unpaired) electrons. The fraction of sp³-hybridized carbons (Fsp3) is 0.316. The highest BCUT2D eigenvalue weighted by Crippen LogP contribution is 2.31. The third-order valence-corrected chi connectivity index (χ3v) is 5.49. The van der Waals surface area contributed by atoms with Crippen LogP contribution in [0.15, 0.2) is 36.4 Å². The van der Waals surface area contributed by atoms with Crippen LogP contribution in [0, 0.1) is 5.82 Å². The van der Waals surface area contributed by atoms with E-state index in [0.29, 0.717) is 11.6 Å². The van der Waals surface area contributed by atoms with Gasteiger partial charge in [-0.25, -0.2) is 8.60 Å². The van der Waals surface area contributed by atoms with Crippen LogP contribution < -0.4 is 14.4 Å². The number of hydrogen-bond acceptors (Lipinski definition) is 4. The third-order valence-electron chi connectivity index (χ3n) is 4.47. The molecule has 28 heavy (non-hydrogen) atoms. The smallest absolute Gasteiger partial charge is 0.265 e. The lowest BCUT2D eigenvalue weighted by Crippen LogP contribution is -2.34. The predicted molar refractivity (Wildman–Crippen MR) is 110 cm³/mol. The molecule has 0 aromatic heterocycles. The molecule has 1 fully saturated rings. The lowest BCUT2D eigenvalue weighted by Gasteiger charge is -2.27. The summed E-state index contributed by atoms with van der Waals surface area (Å²) < 4.78 is 33.3. The molecule has 0 bridgehead atoms. The first-order valence-corrected chi connectivity index (χ1v) is 10.9. The summed E-state index contributed by atoms with van der Waals surface area (Å²) in [5, 5.41) is 0.790. The lowest BCUT2D eigenvalue weighted by atomic mass is 10.2. The summed E-state index contributed by atoms with van der Waals surface area (Å²) in [4.78, 5) is 14.1. The van der Waals surface area contributed by atoms with Gasteiger partial charge in [-0.2, -0.15) is 0 Å². The van der Waals surface area contributed by atoms with E-state index in [1.54, 1.807) is 0 Å². The van der Waals surface area contributed by atoms with E-state index in [2.05, 4.69) is 9.62 Å². The Labute approximate surface area is 175 Å². The molecule has 2 atom stereocenters. The van der Waals surface area contributed by atoms with Gasteiger partial charge in [0.05, 0.1) is 16.6 Å². The normalized spacial score (nSPS) is 17.4. The fourth-order valence-electron chi connectivity index (χ4n) is 3.17. The van der Waals surface area contributed by atoms with Crippen LogP contribution in [-0.4, -0.2) is 35.6 Å². The van der Waals surface area contributed by atoms with Crippen LogP contribution in [-0.2, 0) is 11.0 Å². The fourth-order valence-corrected chi connectivity index (χ4v) is 3.88. The largest absolute Gasteiger partial charge is 0.490 e. The molecule has 1 aliphatic rings. The van der Waals surface area contributed by atoms with E-state index >= 15 is 0 Å². The minimum absolute atomic E-state index is 0.115. The maximum absolute atomic E-state index is 14.3. The highest BCUT2D eigenvalue weighted by molar-refractivity contribution is 7.82. The van der Waals surface area contributed by atoms with Gasteiger partial charge in [0, 0.05) is 29.6 Å². The summed E-state index contributed by atoms with van der Waals surface area (Å²) in [6.45, 7) is 1.22. The molecule has 1 amide bonds. The molecule has 150 valence electrons. The first-order chi connectivity index (χ1) is 13.3. The highest BCUT2D eigenvalue weighted by Gasteiger charge is 2.26. The standard InChI is InChI=1S/C19H19Cl2FN2O3S/c1-28(26)23-19(25)15-9-16(21)18(10-17(15)22)27-11-14-3-2-8-24(14)13-6-4-12(20)5-7-13/h4-7,9-10,14H,2-3,8,11H2,1H3,(H,23,25). The summed E-state index contributed by atoms with van der Waals surface area (Å²) in [7, 11) is -1.60. The van der Waals surface area contributed by atoms with E-state index in [-0.39, 0.29) is 22.4 Å². The van der Waals surface area contributed by atoms with Crippen LogP contribution in [0.2, 0.25) is 10.0 Å². The maximum Gasteiger partial charge on any atom is 0.265 e. The van der Waals surface area contributed by atoms with Gasteiger partial charge in [0.2, 0.25) is 0 Å². The SMILES string of the molecule is CS(=O)NC(=O)c1cc(Cl)c(OCC2CCCN2c2ccc(Cl)cc2)cc1F. The molecule has 2 aromatic carbocycles. The Morgan fingerprint density at radius 1 is 1.32 bits per heavy atom. The first-order valence-electron chi connectivity index (χ1n) is 8.63. The van der Waals surface area contributed by atoms with Gasteiger partial charge in [0.25, 0.3) is 5.91 Å². The number of amides is 1. The summed E-state index contributed by atoms with van der Waals surface area (Å²) in [5.74, 6) is -1.42. The zero-order valence-electron chi connectivity index (χ0n) is 15.1. The van der Waals surface area contributed by atoms with Crippen LogP contribution in [0.3, 0.4) is 0 Å². The molecular formula is C19H19Cl2FN2O3S. The molecular weight excluding hydrogens is 426 g/mol. The Morgan fingerprint density at radius 3 is 2.71 bits per heavy atom. The molecule has 5 nitrogen and oxygen atoms in total. The molecule has 0 saturated carbocycles. The van der Waals surface area contributed by atoms with Gasteiger partial charge in [0.1, 0.15) is 29.2 Å². The first kappa shape index (κ1) is 20.9. The summed E-state index contributed by atoms with van der Waals surface area (Å²) in [6.07, 6.45) is 3.24. The molecule has 2 aromatic rings. The number of carbonyl (C=O) groups excluding carboxylic acids is 1. The van der Waals surface area contributed by atoms with Crippen LogP contribution in [0.5, 0.6) is 5.75 Å². The number of halogens is 3. The molecule has 3 rings (SSSR count). The van der Waals surface area contributed by atoms with Gasteiger partial charge in [-0.3, -0.25) is 9.52 Å². The average Bonchev–Trinajstić information content (AvgIpc) is 3.10. The molecule has 0 spiro atoms. The quantitative estimate of drug-likeness (QED) is 0.724. The Bertz CT molecular complexity index is 895. The van der Waals surface area contributed by atoms with Gasteiger partial charge < -0.3 is 9.64 Å². The summed E-state index contributed by atoms with van der Waals surface area (Å²) in [5.41, 5.74) is 0.767. The minimum Gasteiger partial charge on any atom is -0.490 e. The van der Waals surface area contributed by atoms with E-state index in [1.165, 1.54) is 12.3 Å². The number of anilines is 1. The molecule has 1 aliphatic heterocycles. The van der Waals surface area contributed by atoms with E-state index in [9.17, 15) is 13.4 Å². The van der Waals surface area contributed by atoms with Crippen molar-refractivity contribution in [1.82, 2.24) is 4.72 Å². The Balaban J connectivity index is 1.70. The highest BCUT2D eigenvalue weighted by atomic mass is 35.5. The van der Waals surface area contributed by atoms with Crippen molar-refractivity contribution in [2.24, 2.45) is 0 Å². The van der Waals surface area contributed by atoms with Crippen molar-refractivity contribution in [3.8, 4) is 5.75 Å². The Kier molecular flexibility index (Phi) is 6.80. The molecule has 9 heteroatoms. The van der Waals surface area contributed by atoms with Gasteiger partial charge >= 0.3 is 0 Å². The summed E-state index contributed by atoms with van der Waals surface area (Å²) >= 11 is 12.1. The lowest BCUT2D eigenvalue weighted by molar-refractivity contribution is 0.0979. The van der Waals surface area contributed by atoms with Crippen molar-refractivity contribution in [3.63, 3.8) is 0 Å². The number of carbonyl (C=O) groups is 1. The molecule has 0 aliphatic carbocycles. The van der Waals surface area contributed by atoms with E-state index in [1.807, 2.05) is 24.3 Å². The van der Waals surface area contributed by atoms with Crippen molar-refractivity contribution in [2.75, 3.05) is 24.3 Å². The molecule has 1 N–H and O–H groups in total. The number of nitrogens with zero attached hydrogens (tertiary/aromatic N) is 1. The van der Waals surface area contributed by atoms with E-state index in [4.69, 9.17) is 27.9 Å². The second-order valence-electron chi connectivity index (χ2n) is 6.42. The Hall–Kier alpha value is -1.83. The molecule has 1 saturated heterocycles. The zero-order chi connectivity index (χ0) is 20.3. The van der Waals surface area contributed by atoms with Crippen molar-refractivity contribution >= 4 is 45.8 Å². The van der Waals surface area contributed by atoms with Crippen molar-refractivity contribution in [3.05, 3.63) is 57.8 Å². The zero-order valence-corrected chi connectivity index (χ0v) is 17.4. The van der Waals surface area contributed by atoms with Crippen LogP contribution >= 0.6 is 23.2 Å². The van der Waals surface area contributed by atoms with Gasteiger partial charge in [-0.15, -0.1) is 0 Å². The monoisotopic (exact) mass is 444 g/mol. The number of benzene rings is 2. The number of rotatable bonds is 6. The maximum atomic E-state index is 14.3. The van der Waals surface area contributed by atoms with Crippen LogP contribution in [0.4, 0.5) is 10.1 Å². The van der Waals surface area contributed by atoms with Crippen molar-refractivity contribution in [2.45, 2.75) is 18.9 Å². The molecule has 2 unspecified atom stereocenters. The van der Waals surface area contributed by atoms with Gasteiger partial charge in [0.15, 0.2) is 0 Å². The van der Waals surface area contributed by atoms with Gasteiger partial charge in [-0.05, 0) is 43.2 Å². The minimum atomic E-state index is -1.60. The predicted octanol–water partition coefficient (Wildman–Crippen LogP) is 4.20. The van der Waals surface area contributed by atoms with Crippen LogP contribution in [0.25, 0.3) is 0 Å². The number of hydrogen-bond donors (Lipinski definition) is 1. The van der Waals surface area contributed by atoms with Gasteiger partial charge in [-0.1, -0.05) is 23.2 Å². The van der Waals surface area contributed by atoms with Crippen LogP contribution in [0.1, 0.15) is 23.2 Å². The Morgan fingerprint density at radius 2 is 2.04 bits per heavy atom. The van der Waals surface area contributed by atoms with Crippen molar-refractivity contribution in [1.29, 1.82) is 0 Å². The third kappa shape index (κ3) is 4.96. The van der Waals surface area contributed by atoms with Crippen molar-refractivity contribution < 1.29 is 18.1 Å². The second-order valence-corrected chi connectivity index (χ2v) is 8.38. The summed E-state index contributed by atoms with van der Waals surface area (Å²) in [6, 6.07) is 9.97. The topological polar surface area (TPSA) is 58.6 Å². The second kappa shape index (κ2) is 9.11. The van der Waals surface area contributed by atoms with E-state index in [0.717, 1.165) is 31.1 Å².